The van der Waals surface area contributed by atoms with Crippen molar-refractivity contribution in [2.24, 2.45) is 5.92 Å². The quantitative estimate of drug-likeness (QED) is 0.646. The van der Waals surface area contributed by atoms with Crippen LogP contribution in [0.2, 0.25) is 0 Å². The number of aliphatic hydroxyl groups is 1. The Morgan fingerprint density at radius 2 is 1.94 bits per heavy atom. The first kappa shape index (κ1) is 14.8. The summed E-state index contributed by atoms with van der Waals surface area (Å²) in [6.45, 7) is 2.44. The van der Waals surface area contributed by atoms with E-state index in [0.29, 0.717) is 6.54 Å². The Labute approximate surface area is 102 Å². The van der Waals surface area contributed by atoms with Crippen molar-refractivity contribution in [2.75, 3.05) is 26.3 Å². The van der Waals surface area contributed by atoms with Crippen molar-refractivity contribution in [3.05, 3.63) is 0 Å². The summed E-state index contributed by atoms with van der Waals surface area (Å²) >= 11 is 0. The van der Waals surface area contributed by atoms with Crippen molar-refractivity contribution in [3.63, 3.8) is 0 Å². The average Bonchev–Trinajstić information content (AvgIpc) is 2.34. The largest absolute Gasteiger partial charge is 0.386 e. The van der Waals surface area contributed by atoms with E-state index in [4.69, 9.17) is 9.84 Å². The normalized spacial score (nSPS) is 19.8. The van der Waals surface area contributed by atoms with Crippen LogP contribution in [0.3, 0.4) is 0 Å². The predicted octanol–water partition coefficient (Wildman–Crippen LogP) is 1.80. The third kappa shape index (κ3) is 6.91. The van der Waals surface area contributed by atoms with Gasteiger partial charge in [-0.3, -0.25) is 0 Å². The molecule has 1 rings (SSSR count). The van der Waals surface area contributed by atoms with E-state index in [-0.39, 0.29) is 6.54 Å². The minimum Gasteiger partial charge on any atom is -0.386 e. The van der Waals surface area contributed by atoms with Crippen molar-refractivity contribution in [3.8, 4) is 0 Å². The van der Waals surface area contributed by atoms with Gasteiger partial charge in [-0.05, 0) is 31.7 Å². The van der Waals surface area contributed by atoms with Gasteiger partial charge in [-0.1, -0.05) is 12.8 Å². The molecule has 0 aliphatic carbocycles. The summed E-state index contributed by atoms with van der Waals surface area (Å²) in [6.07, 6.45) is 1.41. The molecule has 0 aromatic heterocycles. The fourth-order valence-corrected chi connectivity index (χ4v) is 2.06. The third-order valence-corrected chi connectivity index (χ3v) is 3.20. The molecule has 1 aliphatic rings. The number of ether oxygens (including phenoxy) is 1. The molecule has 3 nitrogen and oxygen atoms in total. The molecule has 0 aromatic rings. The zero-order chi connectivity index (χ0) is 12.5. The van der Waals surface area contributed by atoms with Gasteiger partial charge in [0.2, 0.25) is 0 Å². The monoisotopic (exact) mass is 251 g/mol. The van der Waals surface area contributed by atoms with Crippen LogP contribution in [0.15, 0.2) is 0 Å². The Kier molecular flexibility index (Phi) is 7.64. The molecule has 17 heavy (non-hydrogen) atoms. The smallest absolute Gasteiger partial charge is 0.265 e. The summed E-state index contributed by atoms with van der Waals surface area (Å²) in [7, 11) is 0. The maximum Gasteiger partial charge on any atom is 0.265 e. The minimum atomic E-state index is -2.65. The van der Waals surface area contributed by atoms with Crippen LogP contribution >= 0.6 is 0 Å². The Hall–Kier alpha value is -0.260. The van der Waals surface area contributed by atoms with Crippen LogP contribution in [-0.2, 0) is 4.74 Å². The second-order valence-corrected chi connectivity index (χ2v) is 4.66. The lowest BCUT2D eigenvalue weighted by molar-refractivity contribution is -0.00319. The van der Waals surface area contributed by atoms with E-state index < -0.39 is 12.5 Å². The third-order valence-electron chi connectivity index (χ3n) is 3.20. The van der Waals surface area contributed by atoms with E-state index in [9.17, 15) is 8.78 Å². The van der Waals surface area contributed by atoms with E-state index in [1.165, 1.54) is 6.42 Å². The highest BCUT2D eigenvalue weighted by atomic mass is 19.3. The topological polar surface area (TPSA) is 41.5 Å². The maximum atomic E-state index is 11.9. The van der Waals surface area contributed by atoms with E-state index in [2.05, 4.69) is 5.32 Å². The molecule has 0 saturated carbocycles. The summed E-state index contributed by atoms with van der Waals surface area (Å²) < 4.78 is 29.2. The molecule has 2 N–H and O–H groups in total. The highest BCUT2D eigenvalue weighted by molar-refractivity contribution is 4.65. The van der Waals surface area contributed by atoms with Gasteiger partial charge in [0, 0.05) is 19.8 Å². The number of hydrogen-bond donors (Lipinski definition) is 2. The SMILES string of the molecule is OC(CNCCCCC1CCOCC1)C(F)F. The Morgan fingerprint density at radius 3 is 2.59 bits per heavy atom. The van der Waals surface area contributed by atoms with Crippen molar-refractivity contribution in [1.29, 1.82) is 0 Å². The number of unbranched alkanes of at least 4 members (excludes halogenated alkanes) is 1. The molecule has 1 heterocycles. The molecule has 102 valence electrons. The molecule has 1 unspecified atom stereocenters. The molecule has 0 aromatic carbocycles. The summed E-state index contributed by atoms with van der Waals surface area (Å²) in [6, 6.07) is 0. The van der Waals surface area contributed by atoms with E-state index in [0.717, 1.165) is 44.8 Å². The fraction of sp³-hybridized carbons (Fsp3) is 1.00. The van der Waals surface area contributed by atoms with Crippen molar-refractivity contribution < 1.29 is 18.6 Å². The Balaban J connectivity index is 1.87. The fourth-order valence-electron chi connectivity index (χ4n) is 2.06. The zero-order valence-electron chi connectivity index (χ0n) is 10.2. The number of rotatable bonds is 8. The van der Waals surface area contributed by atoms with Crippen molar-refractivity contribution in [2.45, 2.75) is 44.6 Å². The highest BCUT2D eigenvalue weighted by Gasteiger charge is 2.15. The summed E-state index contributed by atoms with van der Waals surface area (Å²) in [5.41, 5.74) is 0. The number of nitrogens with one attached hydrogen (secondary N) is 1. The summed E-state index contributed by atoms with van der Waals surface area (Å²) in [5.74, 6) is 0.774. The molecule has 0 spiro atoms. The first-order chi connectivity index (χ1) is 8.20. The van der Waals surface area contributed by atoms with Crippen LogP contribution in [0.5, 0.6) is 0 Å². The number of aliphatic hydroxyl groups excluding tert-OH is 1. The predicted molar refractivity (Wildman–Crippen MR) is 62.3 cm³/mol. The van der Waals surface area contributed by atoms with Crippen LogP contribution in [0, 0.1) is 5.92 Å². The van der Waals surface area contributed by atoms with Crippen LogP contribution in [0.25, 0.3) is 0 Å². The Morgan fingerprint density at radius 1 is 1.24 bits per heavy atom. The molecule has 5 heteroatoms. The highest BCUT2D eigenvalue weighted by Crippen LogP contribution is 2.20. The molecular weight excluding hydrogens is 228 g/mol. The van der Waals surface area contributed by atoms with E-state index in [1.807, 2.05) is 0 Å². The summed E-state index contributed by atoms with van der Waals surface area (Å²) in [4.78, 5) is 0. The second-order valence-electron chi connectivity index (χ2n) is 4.66. The first-order valence-corrected chi connectivity index (χ1v) is 6.45. The summed E-state index contributed by atoms with van der Waals surface area (Å²) in [5, 5.41) is 11.7. The molecule has 0 bridgehead atoms. The Bertz CT molecular complexity index is 187. The van der Waals surface area contributed by atoms with E-state index >= 15 is 0 Å². The lowest BCUT2D eigenvalue weighted by atomic mass is 9.94. The van der Waals surface area contributed by atoms with Crippen LogP contribution < -0.4 is 5.32 Å². The number of hydrogen-bond acceptors (Lipinski definition) is 3. The van der Waals surface area contributed by atoms with Gasteiger partial charge in [0.25, 0.3) is 6.43 Å². The molecular formula is C12H23F2NO2. The first-order valence-electron chi connectivity index (χ1n) is 6.45. The van der Waals surface area contributed by atoms with Crippen molar-refractivity contribution >= 4 is 0 Å². The van der Waals surface area contributed by atoms with Gasteiger partial charge in [0.1, 0.15) is 6.10 Å². The molecule has 0 radical (unpaired) electrons. The van der Waals surface area contributed by atoms with Gasteiger partial charge >= 0.3 is 0 Å². The average molecular weight is 251 g/mol. The van der Waals surface area contributed by atoms with Gasteiger partial charge in [-0.15, -0.1) is 0 Å². The zero-order valence-corrected chi connectivity index (χ0v) is 10.2. The standard InChI is InChI=1S/C12H23F2NO2/c13-12(14)11(16)9-15-6-2-1-3-10-4-7-17-8-5-10/h10-12,15-16H,1-9H2. The second kappa shape index (κ2) is 8.78. The maximum absolute atomic E-state index is 11.9. The van der Waals surface area contributed by atoms with Gasteiger partial charge in [0.05, 0.1) is 0 Å². The van der Waals surface area contributed by atoms with Crippen LogP contribution in [0.4, 0.5) is 8.78 Å². The van der Waals surface area contributed by atoms with E-state index in [1.54, 1.807) is 0 Å². The number of halogens is 2. The lowest BCUT2D eigenvalue weighted by Crippen LogP contribution is -2.32. The lowest BCUT2D eigenvalue weighted by Gasteiger charge is -2.21. The van der Waals surface area contributed by atoms with Crippen molar-refractivity contribution in [1.82, 2.24) is 5.32 Å². The molecule has 1 saturated heterocycles. The van der Waals surface area contributed by atoms with Gasteiger partial charge in [-0.2, -0.15) is 0 Å². The molecule has 0 amide bonds. The molecule has 1 aliphatic heterocycles. The van der Waals surface area contributed by atoms with Gasteiger partial charge in [-0.25, -0.2) is 8.78 Å². The van der Waals surface area contributed by atoms with Crippen LogP contribution in [-0.4, -0.2) is 43.9 Å². The van der Waals surface area contributed by atoms with Gasteiger partial charge in [0.15, 0.2) is 0 Å². The minimum absolute atomic E-state index is 0.0189. The molecule has 1 fully saturated rings. The van der Waals surface area contributed by atoms with Gasteiger partial charge < -0.3 is 15.2 Å². The van der Waals surface area contributed by atoms with Crippen LogP contribution in [0.1, 0.15) is 32.1 Å². The molecule has 1 atom stereocenters. The number of alkyl halides is 2.